The molecule has 1 N–H and O–H groups in total. The summed E-state index contributed by atoms with van der Waals surface area (Å²) >= 11 is 0. The number of rotatable bonds is 1. The van der Waals surface area contributed by atoms with Crippen LogP contribution in [-0.4, -0.2) is 11.9 Å². The van der Waals surface area contributed by atoms with Crippen molar-refractivity contribution in [3.05, 3.63) is 47.5 Å². The molecular weight excluding hydrogens is 307 g/mol. The summed E-state index contributed by atoms with van der Waals surface area (Å²) in [6, 6.07) is 12.1. The Morgan fingerprint density at radius 3 is 2.43 bits per heavy atom. The Hall–Kier alpha value is -2.25. The third kappa shape index (κ3) is 2.08. The molecule has 116 valence electrons. The highest BCUT2D eigenvalue weighted by atomic mass is 31.0. The van der Waals surface area contributed by atoms with Crippen LogP contribution in [0.1, 0.15) is 11.1 Å². The van der Waals surface area contributed by atoms with Crippen LogP contribution in [0.25, 0.3) is 21.9 Å². The number of phenols is 1. The second-order valence-electron chi connectivity index (χ2n) is 5.82. The van der Waals surface area contributed by atoms with Crippen LogP contribution in [0.4, 0.5) is 0 Å². The standard InChI is InChI=1S/C19H17O3P/c1-10-11(2)18(20)14-7-8-15-19(22-9-21-15)17(14)16(10)12-3-5-13(23)6-4-12/h3-8,20H,9,23H2,1-2H3. The van der Waals surface area contributed by atoms with Crippen molar-refractivity contribution in [2.45, 2.75) is 13.8 Å². The van der Waals surface area contributed by atoms with E-state index in [-0.39, 0.29) is 6.79 Å². The van der Waals surface area contributed by atoms with Gasteiger partial charge in [0.25, 0.3) is 0 Å². The van der Waals surface area contributed by atoms with Crippen molar-refractivity contribution in [1.82, 2.24) is 0 Å². The topological polar surface area (TPSA) is 38.7 Å². The SMILES string of the molecule is Cc1c(C)c(-c2ccc(P)cc2)c2c3c(ccc2c1O)OCO3. The van der Waals surface area contributed by atoms with Gasteiger partial charge in [-0.25, -0.2) is 0 Å². The summed E-state index contributed by atoms with van der Waals surface area (Å²) in [5.41, 5.74) is 4.13. The largest absolute Gasteiger partial charge is 0.507 e. The van der Waals surface area contributed by atoms with Gasteiger partial charge in [0.05, 0.1) is 0 Å². The first kappa shape index (κ1) is 14.3. The molecule has 0 saturated carbocycles. The molecule has 23 heavy (non-hydrogen) atoms. The van der Waals surface area contributed by atoms with Gasteiger partial charge in [0.1, 0.15) is 5.75 Å². The van der Waals surface area contributed by atoms with Crippen LogP contribution >= 0.6 is 9.24 Å². The van der Waals surface area contributed by atoms with E-state index < -0.39 is 0 Å². The molecule has 1 atom stereocenters. The van der Waals surface area contributed by atoms with E-state index in [1.54, 1.807) is 0 Å². The van der Waals surface area contributed by atoms with Crippen molar-refractivity contribution in [2.75, 3.05) is 6.79 Å². The molecule has 0 aliphatic carbocycles. The van der Waals surface area contributed by atoms with Crippen LogP contribution in [0.5, 0.6) is 17.2 Å². The monoisotopic (exact) mass is 324 g/mol. The van der Waals surface area contributed by atoms with Crippen LogP contribution in [0.3, 0.4) is 0 Å². The third-order valence-electron chi connectivity index (χ3n) is 4.54. The van der Waals surface area contributed by atoms with Crippen molar-refractivity contribution in [3.63, 3.8) is 0 Å². The summed E-state index contributed by atoms with van der Waals surface area (Å²) < 4.78 is 11.2. The maximum absolute atomic E-state index is 10.6. The van der Waals surface area contributed by atoms with Crippen LogP contribution in [0.2, 0.25) is 0 Å². The predicted molar refractivity (Wildman–Crippen MR) is 96.0 cm³/mol. The lowest BCUT2D eigenvalue weighted by Gasteiger charge is -2.17. The van der Waals surface area contributed by atoms with Gasteiger partial charge in [-0.05, 0) is 53.5 Å². The highest BCUT2D eigenvalue weighted by Gasteiger charge is 2.24. The first-order valence-electron chi connectivity index (χ1n) is 7.48. The lowest BCUT2D eigenvalue weighted by Crippen LogP contribution is -1.96. The van der Waals surface area contributed by atoms with E-state index in [2.05, 4.69) is 33.5 Å². The number of ether oxygens (including phenoxy) is 2. The smallest absolute Gasteiger partial charge is 0.231 e. The van der Waals surface area contributed by atoms with Gasteiger partial charge in [0.15, 0.2) is 11.5 Å². The minimum Gasteiger partial charge on any atom is -0.507 e. The number of hydrogen-bond acceptors (Lipinski definition) is 3. The van der Waals surface area contributed by atoms with E-state index in [9.17, 15) is 5.11 Å². The molecule has 1 aliphatic rings. The molecule has 4 rings (SSSR count). The lowest BCUT2D eigenvalue weighted by atomic mass is 9.89. The van der Waals surface area contributed by atoms with E-state index in [1.807, 2.05) is 26.0 Å². The Morgan fingerprint density at radius 2 is 1.70 bits per heavy atom. The van der Waals surface area contributed by atoms with Crippen LogP contribution < -0.4 is 14.8 Å². The zero-order chi connectivity index (χ0) is 16.1. The average Bonchev–Trinajstić information content (AvgIpc) is 3.03. The zero-order valence-corrected chi connectivity index (χ0v) is 14.2. The van der Waals surface area contributed by atoms with Crippen molar-refractivity contribution in [2.24, 2.45) is 0 Å². The quantitative estimate of drug-likeness (QED) is 0.686. The fourth-order valence-electron chi connectivity index (χ4n) is 3.18. The van der Waals surface area contributed by atoms with Crippen LogP contribution in [0.15, 0.2) is 36.4 Å². The second-order valence-corrected chi connectivity index (χ2v) is 6.48. The number of hydrogen-bond donors (Lipinski definition) is 1. The third-order valence-corrected chi connectivity index (χ3v) is 4.92. The highest BCUT2D eigenvalue weighted by Crippen LogP contribution is 2.49. The molecule has 0 aromatic heterocycles. The number of aromatic hydroxyl groups is 1. The van der Waals surface area contributed by atoms with Gasteiger partial charge in [-0.2, -0.15) is 0 Å². The van der Waals surface area contributed by atoms with Gasteiger partial charge in [0, 0.05) is 10.8 Å². The summed E-state index contributed by atoms with van der Waals surface area (Å²) in [7, 11) is 2.70. The summed E-state index contributed by atoms with van der Waals surface area (Å²) in [5.74, 6) is 1.75. The van der Waals surface area contributed by atoms with Gasteiger partial charge in [-0.15, -0.1) is 9.24 Å². The van der Waals surface area contributed by atoms with Gasteiger partial charge >= 0.3 is 0 Å². The van der Waals surface area contributed by atoms with Gasteiger partial charge in [-0.1, -0.05) is 24.3 Å². The van der Waals surface area contributed by atoms with Crippen molar-refractivity contribution in [3.8, 4) is 28.4 Å². The fraction of sp³-hybridized carbons (Fsp3) is 0.158. The Bertz CT molecular complexity index is 930. The Balaban J connectivity index is 2.17. The number of benzene rings is 3. The maximum atomic E-state index is 10.6. The first-order valence-corrected chi connectivity index (χ1v) is 8.06. The Labute approximate surface area is 137 Å². The summed E-state index contributed by atoms with van der Waals surface area (Å²) in [4.78, 5) is 0. The normalized spacial score (nSPS) is 12.8. The molecule has 0 radical (unpaired) electrons. The van der Waals surface area contributed by atoms with E-state index in [1.165, 1.54) is 0 Å². The minimum atomic E-state index is 0.214. The molecule has 0 spiro atoms. The first-order chi connectivity index (χ1) is 11.1. The zero-order valence-electron chi connectivity index (χ0n) is 13.0. The number of fused-ring (bicyclic) bond motifs is 3. The van der Waals surface area contributed by atoms with E-state index >= 15 is 0 Å². The molecule has 4 heteroatoms. The fourth-order valence-corrected chi connectivity index (χ4v) is 3.38. The number of phenolic OH excluding ortho intramolecular Hbond substituents is 1. The van der Waals surface area contributed by atoms with E-state index in [0.717, 1.165) is 44.1 Å². The minimum absolute atomic E-state index is 0.214. The molecule has 1 unspecified atom stereocenters. The van der Waals surface area contributed by atoms with Gasteiger partial charge < -0.3 is 14.6 Å². The predicted octanol–water partition coefficient (Wildman–Crippen LogP) is 4.06. The second kappa shape index (κ2) is 5.14. The van der Waals surface area contributed by atoms with E-state index in [0.29, 0.717) is 11.5 Å². The molecular formula is C19H17O3P. The average molecular weight is 324 g/mol. The molecule has 1 aliphatic heterocycles. The summed E-state index contributed by atoms with van der Waals surface area (Å²) in [6.45, 7) is 4.20. The van der Waals surface area contributed by atoms with Crippen LogP contribution in [-0.2, 0) is 0 Å². The van der Waals surface area contributed by atoms with Crippen LogP contribution in [0, 0.1) is 13.8 Å². The molecule has 0 fully saturated rings. The Kier molecular flexibility index (Phi) is 3.21. The van der Waals surface area contributed by atoms with Crippen molar-refractivity contribution >= 4 is 25.3 Å². The van der Waals surface area contributed by atoms with Gasteiger partial charge in [-0.3, -0.25) is 0 Å². The maximum Gasteiger partial charge on any atom is 0.231 e. The van der Waals surface area contributed by atoms with Crippen molar-refractivity contribution in [1.29, 1.82) is 0 Å². The van der Waals surface area contributed by atoms with E-state index in [4.69, 9.17) is 9.47 Å². The molecule has 3 nitrogen and oxygen atoms in total. The molecule has 3 aromatic carbocycles. The molecule has 0 amide bonds. The van der Waals surface area contributed by atoms with Crippen molar-refractivity contribution < 1.29 is 14.6 Å². The molecule has 3 aromatic rings. The summed E-state index contributed by atoms with van der Waals surface area (Å²) in [6.07, 6.45) is 0. The highest BCUT2D eigenvalue weighted by molar-refractivity contribution is 7.27. The summed E-state index contributed by atoms with van der Waals surface area (Å²) in [5, 5.41) is 13.4. The Morgan fingerprint density at radius 1 is 0.957 bits per heavy atom. The van der Waals surface area contributed by atoms with Gasteiger partial charge in [0.2, 0.25) is 6.79 Å². The molecule has 0 bridgehead atoms. The molecule has 1 heterocycles. The molecule has 0 saturated heterocycles. The lowest BCUT2D eigenvalue weighted by molar-refractivity contribution is 0.175.